The standard InChI is InChI=1S/C15H25NO6S/c1-10(2)9-23(20,21)11-7-12(13(8-11)15(18)19)14(17)16-3-5-22-6-4-16/h10-13H,3-9H2,1-2H3,(H,18,19)/t11-,12-,13-/m1/s1. The number of carbonyl (C=O) groups is 2. The van der Waals surface area contributed by atoms with Gasteiger partial charge in [0.1, 0.15) is 0 Å². The van der Waals surface area contributed by atoms with Crippen LogP contribution in [0, 0.1) is 17.8 Å². The van der Waals surface area contributed by atoms with Crippen molar-refractivity contribution in [3.8, 4) is 0 Å². The van der Waals surface area contributed by atoms with Crippen LogP contribution in [-0.2, 0) is 24.2 Å². The minimum Gasteiger partial charge on any atom is -0.481 e. The first-order valence-corrected chi connectivity index (χ1v) is 9.75. The van der Waals surface area contributed by atoms with E-state index >= 15 is 0 Å². The Hall–Kier alpha value is -1.15. The van der Waals surface area contributed by atoms with Gasteiger partial charge in [0.05, 0.1) is 36.1 Å². The van der Waals surface area contributed by atoms with E-state index in [2.05, 4.69) is 0 Å². The third-order valence-electron chi connectivity index (χ3n) is 4.55. The fourth-order valence-electron chi connectivity index (χ4n) is 3.45. The van der Waals surface area contributed by atoms with Crippen LogP contribution in [0.3, 0.4) is 0 Å². The first kappa shape index (κ1) is 18.2. The number of rotatable bonds is 5. The van der Waals surface area contributed by atoms with E-state index < -0.39 is 32.9 Å². The number of ether oxygens (including phenoxy) is 1. The molecule has 0 aromatic rings. The number of nitrogens with zero attached hydrogens (tertiary/aromatic N) is 1. The normalized spacial score (nSPS) is 29.0. The molecule has 2 aliphatic rings. The SMILES string of the molecule is CC(C)CS(=O)(=O)[C@H]1C[C@@H](C(=O)O)[C@H](C(=O)N2CCOCC2)C1. The molecule has 2 fully saturated rings. The van der Waals surface area contributed by atoms with Crippen molar-refractivity contribution in [2.24, 2.45) is 17.8 Å². The van der Waals surface area contributed by atoms with Crippen molar-refractivity contribution >= 4 is 21.7 Å². The second-order valence-electron chi connectivity index (χ2n) is 6.81. The Morgan fingerprint density at radius 1 is 1.17 bits per heavy atom. The molecule has 7 nitrogen and oxygen atoms in total. The van der Waals surface area contributed by atoms with Crippen LogP contribution in [0.25, 0.3) is 0 Å². The van der Waals surface area contributed by atoms with Gasteiger partial charge in [0.2, 0.25) is 5.91 Å². The van der Waals surface area contributed by atoms with Crippen LogP contribution in [0.4, 0.5) is 0 Å². The van der Waals surface area contributed by atoms with Crippen LogP contribution in [0.5, 0.6) is 0 Å². The summed E-state index contributed by atoms with van der Waals surface area (Å²) in [5.41, 5.74) is 0. The summed E-state index contributed by atoms with van der Waals surface area (Å²) in [6, 6.07) is 0. The Balaban J connectivity index is 2.15. The van der Waals surface area contributed by atoms with Crippen molar-refractivity contribution in [3.63, 3.8) is 0 Å². The lowest BCUT2D eigenvalue weighted by atomic mass is 9.94. The Kier molecular flexibility index (Phi) is 5.67. The fourth-order valence-corrected chi connectivity index (χ4v) is 5.65. The van der Waals surface area contributed by atoms with Crippen molar-refractivity contribution in [1.82, 2.24) is 4.90 Å². The number of carboxylic acids is 1. The fraction of sp³-hybridized carbons (Fsp3) is 0.867. The first-order valence-electron chi connectivity index (χ1n) is 8.03. The molecule has 1 aliphatic heterocycles. The molecule has 0 unspecified atom stereocenters. The highest BCUT2D eigenvalue weighted by Gasteiger charge is 2.48. The number of carboxylic acid groups (broad SMARTS) is 1. The van der Waals surface area contributed by atoms with Crippen LogP contribution in [0.1, 0.15) is 26.7 Å². The number of hydrogen-bond acceptors (Lipinski definition) is 5. The summed E-state index contributed by atoms with van der Waals surface area (Å²) in [5.74, 6) is -2.99. The zero-order valence-corrected chi connectivity index (χ0v) is 14.4. The maximum absolute atomic E-state index is 12.6. The molecule has 1 heterocycles. The molecule has 132 valence electrons. The molecule has 23 heavy (non-hydrogen) atoms. The number of sulfone groups is 1. The average Bonchev–Trinajstić information content (AvgIpc) is 2.92. The molecule has 1 aliphatic carbocycles. The maximum atomic E-state index is 12.6. The zero-order valence-electron chi connectivity index (χ0n) is 13.6. The zero-order chi connectivity index (χ0) is 17.2. The van der Waals surface area contributed by atoms with Crippen molar-refractivity contribution in [3.05, 3.63) is 0 Å². The van der Waals surface area contributed by atoms with E-state index in [-0.39, 0.29) is 30.4 Å². The van der Waals surface area contributed by atoms with Gasteiger partial charge < -0.3 is 14.7 Å². The molecule has 0 bridgehead atoms. The van der Waals surface area contributed by atoms with Crippen LogP contribution >= 0.6 is 0 Å². The second kappa shape index (κ2) is 7.17. The minimum atomic E-state index is -3.38. The number of aliphatic carboxylic acids is 1. The quantitative estimate of drug-likeness (QED) is 0.772. The van der Waals surface area contributed by atoms with Crippen molar-refractivity contribution in [2.75, 3.05) is 32.1 Å². The highest BCUT2D eigenvalue weighted by molar-refractivity contribution is 7.92. The van der Waals surface area contributed by atoms with Crippen molar-refractivity contribution in [2.45, 2.75) is 31.9 Å². The van der Waals surface area contributed by atoms with Gasteiger partial charge in [-0.25, -0.2) is 8.42 Å². The lowest BCUT2D eigenvalue weighted by Gasteiger charge is -2.30. The summed E-state index contributed by atoms with van der Waals surface area (Å²) >= 11 is 0. The summed E-state index contributed by atoms with van der Waals surface area (Å²) in [4.78, 5) is 25.7. The molecule has 0 aromatic carbocycles. The van der Waals surface area contributed by atoms with Gasteiger partial charge in [0.25, 0.3) is 0 Å². The Labute approximate surface area is 136 Å². The molecule has 1 amide bonds. The van der Waals surface area contributed by atoms with Crippen LogP contribution in [0.2, 0.25) is 0 Å². The van der Waals surface area contributed by atoms with E-state index in [4.69, 9.17) is 4.74 Å². The highest BCUT2D eigenvalue weighted by Crippen LogP contribution is 2.38. The monoisotopic (exact) mass is 347 g/mol. The molecule has 1 saturated heterocycles. The number of carbonyl (C=O) groups excluding carboxylic acids is 1. The van der Waals surface area contributed by atoms with Crippen LogP contribution < -0.4 is 0 Å². The van der Waals surface area contributed by atoms with Crippen LogP contribution in [0.15, 0.2) is 0 Å². The third kappa shape index (κ3) is 4.23. The molecule has 8 heteroatoms. The van der Waals surface area contributed by atoms with Crippen LogP contribution in [-0.4, -0.2) is 67.6 Å². The van der Waals surface area contributed by atoms with E-state index in [1.807, 2.05) is 13.8 Å². The molecule has 1 saturated carbocycles. The second-order valence-corrected chi connectivity index (χ2v) is 9.13. The molecule has 1 N–H and O–H groups in total. The minimum absolute atomic E-state index is 0.0164. The summed E-state index contributed by atoms with van der Waals surface area (Å²) in [5, 5.41) is 8.67. The Morgan fingerprint density at radius 3 is 2.26 bits per heavy atom. The number of amides is 1. The third-order valence-corrected chi connectivity index (χ3v) is 7.08. The van der Waals surface area contributed by atoms with Gasteiger partial charge in [-0.05, 0) is 18.8 Å². The lowest BCUT2D eigenvalue weighted by molar-refractivity contribution is -0.150. The topological polar surface area (TPSA) is 101 Å². The molecule has 0 spiro atoms. The van der Waals surface area contributed by atoms with E-state index in [0.29, 0.717) is 26.3 Å². The number of hydrogen-bond donors (Lipinski definition) is 1. The van der Waals surface area contributed by atoms with Gasteiger partial charge >= 0.3 is 5.97 Å². The van der Waals surface area contributed by atoms with E-state index in [0.717, 1.165) is 0 Å². The summed E-state index contributed by atoms with van der Waals surface area (Å²) in [7, 11) is -3.38. The van der Waals surface area contributed by atoms with Gasteiger partial charge in [-0.15, -0.1) is 0 Å². The maximum Gasteiger partial charge on any atom is 0.307 e. The van der Waals surface area contributed by atoms with E-state index in [1.54, 1.807) is 4.90 Å². The number of morpholine rings is 1. The summed E-state index contributed by atoms with van der Waals surface area (Å²) < 4.78 is 30.0. The predicted molar refractivity (Wildman–Crippen MR) is 83.7 cm³/mol. The Morgan fingerprint density at radius 2 is 1.74 bits per heavy atom. The largest absolute Gasteiger partial charge is 0.481 e. The van der Waals surface area contributed by atoms with Gasteiger partial charge in [0.15, 0.2) is 9.84 Å². The molecular formula is C15H25NO6S. The van der Waals surface area contributed by atoms with Crippen molar-refractivity contribution in [1.29, 1.82) is 0 Å². The van der Waals surface area contributed by atoms with Crippen molar-refractivity contribution < 1.29 is 27.9 Å². The molecule has 0 aromatic heterocycles. The van der Waals surface area contributed by atoms with Gasteiger partial charge in [-0.3, -0.25) is 9.59 Å². The van der Waals surface area contributed by atoms with Gasteiger partial charge in [-0.2, -0.15) is 0 Å². The smallest absolute Gasteiger partial charge is 0.307 e. The van der Waals surface area contributed by atoms with E-state index in [9.17, 15) is 23.1 Å². The first-order chi connectivity index (χ1) is 10.7. The van der Waals surface area contributed by atoms with E-state index in [1.165, 1.54) is 0 Å². The van der Waals surface area contributed by atoms with Gasteiger partial charge in [0, 0.05) is 13.1 Å². The summed E-state index contributed by atoms with van der Waals surface area (Å²) in [6.45, 7) is 5.38. The Bertz CT molecular complexity index is 552. The molecule has 0 radical (unpaired) electrons. The van der Waals surface area contributed by atoms with Gasteiger partial charge in [-0.1, -0.05) is 13.8 Å². The predicted octanol–water partition coefficient (Wildman–Crippen LogP) is 0.395. The lowest BCUT2D eigenvalue weighted by Crippen LogP contribution is -2.45. The highest BCUT2D eigenvalue weighted by atomic mass is 32.2. The molecule has 2 rings (SSSR count). The average molecular weight is 347 g/mol. The molecular weight excluding hydrogens is 322 g/mol. The summed E-state index contributed by atoms with van der Waals surface area (Å²) in [6.07, 6.45) is 0.146. The molecule has 3 atom stereocenters.